The first-order chi connectivity index (χ1) is 5.79. The van der Waals surface area contributed by atoms with Crippen LogP contribution < -0.4 is 0 Å². The van der Waals surface area contributed by atoms with Gasteiger partial charge in [-0.3, -0.25) is 4.79 Å². The monoisotopic (exact) mass is 179 g/mol. The van der Waals surface area contributed by atoms with Gasteiger partial charge in [-0.2, -0.15) is 0 Å². The molecule has 1 aromatic carbocycles. The molecule has 0 unspecified atom stereocenters. The molecule has 0 radical (unpaired) electrons. The van der Waals surface area contributed by atoms with Gasteiger partial charge < -0.3 is 9.40 Å². The highest BCUT2D eigenvalue weighted by Crippen LogP contribution is 2.13. The minimum atomic E-state index is 0.327. The first kappa shape index (κ1) is 7.24. The van der Waals surface area contributed by atoms with Crippen molar-refractivity contribution in [3.63, 3.8) is 0 Å². The van der Waals surface area contributed by atoms with E-state index in [1.165, 1.54) is 0 Å². The average Bonchev–Trinajstić information content (AvgIpc) is 2.43. The van der Waals surface area contributed by atoms with E-state index in [1.54, 1.807) is 18.2 Å². The molecular formula is C8H5NO2S. The van der Waals surface area contributed by atoms with Gasteiger partial charge in [0.1, 0.15) is 6.29 Å². The summed E-state index contributed by atoms with van der Waals surface area (Å²) in [6.07, 6.45) is 0.769. The van der Waals surface area contributed by atoms with E-state index in [4.69, 9.17) is 16.6 Å². The van der Waals surface area contributed by atoms with E-state index >= 15 is 0 Å². The highest BCUT2D eigenvalue weighted by Gasteiger charge is 1.98. The largest absolute Gasteiger partial charge is 0.429 e. The van der Waals surface area contributed by atoms with Crippen molar-refractivity contribution >= 4 is 29.6 Å². The van der Waals surface area contributed by atoms with Crippen LogP contribution in [0.15, 0.2) is 22.6 Å². The summed E-state index contributed by atoms with van der Waals surface area (Å²) >= 11 is 4.78. The number of hydrogen-bond donors (Lipinski definition) is 1. The van der Waals surface area contributed by atoms with Gasteiger partial charge in [0.15, 0.2) is 5.58 Å². The van der Waals surface area contributed by atoms with Crippen LogP contribution in [0.1, 0.15) is 10.4 Å². The second-order valence-corrected chi connectivity index (χ2v) is 2.76. The molecule has 0 atom stereocenters. The van der Waals surface area contributed by atoms with Crippen LogP contribution in [0, 0.1) is 4.84 Å². The second kappa shape index (κ2) is 2.57. The molecule has 1 N–H and O–H groups in total. The van der Waals surface area contributed by atoms with Crippen molar-refractivity contribution in [3.8, 4) is 0 Å². The van der Waals surface area contributed by atoms with Crippen molar-refractivity contribution in [1.82, 2.24) is 4.98 Å². The maximum atomic E-state index is 10.4. The van der Waals surface area contributed by atoms with E-state index in [2.05, 4.69) is 4.98 Å². The number of benzene rings is 1. The fraction of sp³-hybridized carbons (Fsp3) is 0. The van der Waals surface area contributed by atoms with Crippen LogP contribution in [0.4, 0.5) is 0 Å². The Balaban J connectivity index is 2.82. The molecule has 2 aromatic rings. The van der Waals surface area contributed by atoms with E-state index in [9.17, 15) is 4.79 Å². The summed E-state index contributed by atoms with van der Waals surface area (Å²) in [5.74, 6) is 0. The molecule has 1 aromatic heterocycles. The number of fused-ring (bicyclic) bond motifs is 1. The van der Waals surface area contributed by atoms with Crippen molar-refractivity contribution in [3.05, 3.63) is 28.6 Å². The van der Waals surface area contributed by atoms with Gasteiger partial charge in [-0.25, -0.2) is 0 Å². The molecule has 60 valence electrons. The van der Waals surface area contributed by atoms with E-state index in [0.29, 0.717) is 16.0 Å². The number of carbonyl (C=O) groups is 1. The summed E-state index contributed by atoms with van der Waals surface area (Å²) in [6.45, 7) is 0. The summed E-state index contributed by atoms with van der Waals surface area (Å²) in [5, 5.41) is 0. The zero-order chi connectivity index (χ0) is 8.55. The molecule has 2 rings (SSSR count). The summed E-state index contributed by atoms with van der Waals surface area (Å²) in [4.78, 5) is 13.5. The Morgan fingerprint density at radius 3 is 3.08 bits per heavy atom. The van der Waals surface area contributed by atoms with Crippen LogP contribution in [0.2, 0.25) is 0 Å². The first-order valence-corrected chi connectivity index (χ1v) is 3.78. The number of hydrogen-bond acceptors (Lipinski definition) is 3. The van der Waals surface area contributed by atoms with Crippen molar-refractivity contribution in [1.29, 1.82) is 0 Å². The summed E-state index contributed by atoms with van der Waals surface area (Å²) in [7, 11) is 0. The van der Waals surface area contributed by atoms with Crippen LogP contribution in [-0.2, 0) is 0 Å². The number of carbonyl (C=O) groups excluding carboxylic acids is 1. The van der Waals surface area contributed by atoms with Crippen LogP contribution in [0.3, 0.4) is 0 Å². The van der Waals surface area contributed by atoms with Gasteiger partial charge in [0, 0.05) is 5.56 Å². The fourth-order valence-corrected chi connectivity index (χ4v) is 1.24. The molecule has 0 fully saturated rings. The van der Waals surface area contributed by atoms with Gasteiger partial charge in [0.25, 0.3) is 4.84 Å². The van der Waals surface area contributed by atoms with Crippen LogP contribution in [-0.4, -0.2) is 11.3 Å². The number of aromatic amines is 1. The highest BCUT2D eigenvalue weighted by molar-refractivity contribution is 7.71. The Kier molecular flexibility index (Phi) is 1.55. The molecule has 0 aliphatic rings. The standard InChI is InChI=1S/C8H5NO2S/c10-4-5-1-2-6-7(3-5)11-8(12)9-6/h1-4H,(H,9,12). The van der Waals surface area contributed by atoms with Gasteiger partial charge in [0.05, 0.1) is 5.52 Å². The normalized spacial score (nSPS) is 10.3. The van der Waals surface area contributed by atoms with Crippen molar-refractivity contribution in [2.75, 3.05) is 0 Å². The maximum absolute atomic E-state index is 10.4. The predicted molar refractivity (Wildman–Crippen MR) is 46.8 cm³/mol. The Bertz CT molecular complexity index is 483. The Hall–Kier alpha value is -1.42. The van der Waals surface area contributed by atoms with Gasteiger partial charge in [-0.1, -0.05) is 0 Å². The molecule has 0 saturated carbocycles. The molecular weight excluding hydrogens is 174 g/mol. The SMILES string of the molecule is O=Cc1ccc2[nH]c(=S)oc2c1. The molecule has 0 bridgehead atoms. The third-order valence-corrected chi connectivity index (χ3v) is 1.77. The number of H-pyrrole nitrogens is 1. The minimum absolute atomic E-state index is 0.327. The Morgan fingerprint density at radius 1 is 1.50 bits per heavy atom. The molecule has 0 aliphatic carbocycles. The number of oxazole rings is 1. The topological polar surface area (TPSA) is 46.0 Å². The van der Waals surface area contributed by atoms with Gasteiger partial charge in [0.2, 0.25) is 0 Å². The van der Waals surface area contributed by atoms with Crippen LogP contribution >= 0.6 is 12.2 Å². The number of rotatable bonds is 1. The third-order valence-electron chi connectivity index (χ3n) is 1.58. The third kappa shape index (κ3) is 1.06. The quantitative estimate of drug-likeness (QED) is 0.539. The summed E-state index contributed by atoms with van der Waals surface area (Å²) < 4.78 is 5.11. The lowest BCUT2D eigenvalue weighted by molar-refractivity contribution is 0.112. The first-order valence-electron chi connectivity index (χ1n) is 3.37. The van der Waals surface area contributed by atoms with Crippen LogP contribution in [0.5, 0.6) is 0 Å². The molecule has 0 amide bonds. The Labute approximate surface area is 73.0 Å². The van der Waals surface area contributed by atoms with Gasteiger partial charge >= 0.3 is 0 Å². The Morgan fingerprint density at radius 2 is 2.33 bits per heavy atom. The molecule has 4 heteroatoms. The lowest BCUT2D eigenvalue weighted by Crippen LogP contribution is -1.76. The van der Waals surface area contributed by atoms with Crippen molar-refractivity contribution in [2.24, 2.45) is 0 Å². The number of nitrogens with one attached hydrogen (secondary N) is 1. The molecule has 1 heterocycles. The second-order valence-electron chi connectivity index (χ2n) is 2.39. The smallest absolute Gasteiger partial charge is 0.266 e. The van der Waals surface area contributed by atoms with Gasteiger partial charge in [-0.15, -0.1) is 0 Å². The van der Waals surface area contributed by atoms with Crippen LogP contribution in [0.25, 0.3) is 11.1 Å². The minimum Gasteiger partial charge on any atom is -0.429 e. The van der Waals surface area contributed by atoms with E-state index < -0.39 is 0 Å². The molecule has 0 saturated heterocycles. The predicted octanol–water partition coefficient (Wildman–Crippen LogP) is 2.30. The number of aromatic nitrogens is 1. The van der Waals surface area contributed by atoms with E-state index in [-0.39, 0.29) is 0 Å². The summed E-state index contributed by atoms with van der Waals surface area (Å²) in [6, 6.07) is 5.11. The molecule has 0 aliphatic heterocycles. The van der Waals surface area contributed by atoms with Gasteiger partial charge in [-0.05, 0) is 30.4 Å². The van der Waals surface area contributed by atoms with E-state index in [0.717, 1.165) is 11.8 Å². The lowest BCUT2D eigenvalue weighted by atomic mass is 10.2. The number of aldehydes is 1. The van der Waals surface area contributed by atoms with Crippen molar-refractivity contribution < 1.29 is 9.21 Å². The fourth-order valence-electron chi connectivity index (χ4n) is 1.04. The summed E-state index contributed by atoms with van der Waals surface area (Å²) in [5.41, 5.74) is 2.01. The molecule has 12 heavy (non-hydrogen) atoms. The highest BCUT2D eigenvalue weighted by atomic mass is 32.1. The van der Waals surface area contributed by atoms with E-state index in [1.807, 2.05) is 0 Å². The zero-order valence-electron chi connectivity index (χ0n) is 6.03. The molecule has 3 nitrogen and oxygen atoms in total. The molecule has 0 spiro atoms. The maximum Gasteiger partial charge on any atom is 0.266 e. The van der Waals surface area contributed by atoms with Crippen molar-refractivity contribution in [2.45, 2.75) is 0 Å². The zero-order valence-corrected chi connectivity index (χ0v) is 6.85. The average molecular weight is 179 g/mol. The lowest BCUT2D eigenvalue weighted by Gasteiger charge is -1.87.